The molecular weight excluding hydrogens is 208 g/mol. The zero-order valence-corrected chi connectivity index (χ0v) is 11.7. The smallest absolute Gasteiger partial charge is 0.135 e. The minimum atomic E-state index is -0.231. The molecule has 0 saturated carbocycles. The quantitative estimate of drug-likeness (QED) is 0.734. The number of carbonyl (C=O) groups excluding carboxylic acids is 1. The summed E-state index contributed by atoms with van der Waals surface area (Å²) in [4.78, 5) is 11.7. The van der Waals surface area contributed by atoms with Gasteiger partial charge in [-0.1, -0.05) is 58.0 Å². The van der Waals surface area contributed by atoms with Crippen LogP contribution in [0.3, 0.4) is 0 Å². The summed E-state index contributed by atoms with van der Waals surface area (Å²) in [5.74, 6) is 1.28. The fourth-order valence-corrected chi connectivity index (χ4v) is 2.13. The number of ketones is 1. The van der Waals surface area contributed by atoms with E-state index in [1.807, 2.05) is 19.9 Å². The van der Waals surface area contributed by atoms with Gasteiger partial charge >= 0.3 is 0 Å². The topological polar surface area (TPSA) is 17.1 Å². The highest BCUT2D eigenvalue weighted by Gasteiger charge is 2.29. The van der Waals surface area contributed by atoms with E-state index in [9.17, 15) is 4.79 Å². The lowest BCUT2D eigenvalue weighted by atomic mass is 9.73. The Balaban J connectivity index is 2.93. The minimum Gasteiger partial charge on any atom is -0.299 e. The van der Waals surface area contributed by atoms with Gasteiger partial charge in [0, 0.05) is 5.41 Å². The van der Waals surface area contributed by atoms with E-state index >= 15 is 0 Å². The molecule has 0 amide bonds. The molecule has 0 fully saturated rings. The Morgan fingerprint density at radius 1 is 1.18 bits per heavy atom. The average molecular weight is 232 g/mol. The van der Waals surface area contributed by atoms with E-state index in [-0.39, 0.29) is 11.2 Å². The van der Waals surface area contributed by atoms with Crippen LogP contribution < -0.4 is 0 Å². The maximum absolute atomic E-state index is 11.7. The van der Waals surface area contributed by atoms with Crippen molar-refractivity contribution in [2.45, 2.75) is 47.0 Å². The molecule has 0 spiro atoms. The van der Waals surface area contributed by atoms with Crippen molar-refractivity contribution in [3.05, 3.63) is 35.9 Å². The molecule has 1 rings (SSSR count). The van der Waals surface area contributed by atoms with Gasteiger partial charge in [-0.05, 0) is 30.7 Å². The fourth-order valence-electron chi connectivity index (χ4n) is 2.13. The largest absolute Gasteiger partial charge is 0.299 e. The number of Topliss-reactive ketones (excluding diaryl/α,β-unsaturated/α-hetero) is 1. The SMILES string of the molecule is CC(=O)C(C)(C)CC(c1ccccc1)C(C)C. The lowest BCUT2D eigenvalue weighted by Crippen LogP contribution is -2.26. The van der Waals surface area contributed by atoms with Crippen molar-refractivity contribution >= 4 is 5.78 Å². The van der Waals surface area contributed by atoms with E-state index in [0.717, 1.165) is 6.42 Å². The van der Waals surface area contributed by atoms with Gasteiger partial charge in [0.2, 0.25) is 0 Å². The predicted octanol–water partition coefficient (Wildman–Crippen LogP) is 4.43. The summed E-state index contributed by atoms with van der Waals surface area (Å²) in [6.45, 7) is 10.3. The molecule has 0 saturated heterocycles. The minimum absolute atomic E-state index is 0.231. The zero-order chi connectivity index (χ0) is 13.1. The van der Waals surface area contributed by atoms with Crippen LogP contribution in [0.25, 0.3) is 0 Å². The van der Waals surface area contributed by atoms with Crippen LogP contribution >= 0.6 is 0 Å². The molecule has 1 atom stereocenters. The van der Waals surface area contributed by atoms with Crippen molar-refractivity contribution in [2.75, 3.05) is 0 Å². The molecule has 0 aliphatic carbocycles. The molecule has 17 heavy (non-hydrogen) atoms. The van der Waals surface area contributed by atoms with Gasteiger partial charge in [-0.15, -0.1) is 0 Å². The molecule has 1 aromatic carbocycles. The first-order chi connectivity index (χ1) is 7.84. The maximum Gasteiger partial charge on any atom is 0.135 e. The Morgan fingerprint density at radius 3 is 2.12 bits per heavy atom. The molecule has 0 bridgehead atoms. The number of rotatable bonds is 5. The number of hydrogen-bond donors (Lipinski definition) is 0. The van der Waals surface area contributed by atoms with Crippen LogP contribution in [0.15, 0.2) is 30.3 Å². The molecule has 1 heteroatoms. The number of hydrogen-bond acceptors (Lipinski definition) is 1. The van der Waals surface area contributed by atoms with E-state index in [1.165, 1.54) is 5.56 Å². The van der Waals surface area contributed by atoms with Crippen molar-refractivity contribution in [2.24, 2.45) is 11.3 Å². The molecule has 0 aliphatic rings. The van der Waals surface area contributed by atoms with Gasteiger partial charge in [0.1, 0.15) is 5.78 Å². The van der Waals surface area contributed by atoms with Crippen LogP contribution in [0.2, 0.25) is 0 Å². The highest BCUT2D eigenvalue weighted by molar-refractivity contribution is 5.81. The van der Waals surface area contributed by atoms with Gasteiger partial charge in [0.15, 0.2) is 0 Å². The van der Waals surface area contributed by atoms with Crippen LogP contribution in [0.1, 0.15) is 52.5 Å². The van der Waals surface area contributed by atoms with Gasteiger partial charge in [-0.25, -0.2) is 0 Å². The summed E-state index contributed by atoms with van der Waals surface area (Å²) in [6.07, 6.45) is 0.921. The highest BCUT2D eigenvalue weighted by atomic mass is 16.1. The van der Waals surface area contributed by atoms with E-state index in [2.05, 4.69) is 38.1 Å². The average Bonchev–Trinajstić information content (AvgIpc) is 2.26. The van der Waals surface area contributed by atoms with Crippen molar-refractivity contribution in [1.82, 2.24) is 0 Å². The van der Waals surface area contributed by atoms with Crippen molar-refractivity contribution in [3.8, 4) is 0 Å². The van der Waals surface area contributed by atoms with E-state index < -0.39 is 0 Å². The molecule has 0 aliphatic heterocycles. The van der Waals surface area contributed by atoms with Gasteiger partial charge in [-0.3, -0.25) is 4.79 Å². The molecule has 0 N–H and O–H groups in total. The van der Waals surface area contributed by atoms with Gasteiger partial charge in [0.25, 0.3) is 0 Å². The zero-order valence-electron chi connectivity index (χ0n) is 11.7. The fraction of sp³-hybridized carbons (Fsp3) is 0.562. The first-order valence-electron chi connectivity index (χ1n) is 6.40. The van der Waals surface area contributed by atoms with Gasteiger partial charge in [0.05, 0.1) is 0 Å². The number of benzene rings is 1. The molecule has 0 aromatic heterocycles. The first-order valence-corrected chi connectivity index (χ1v) is 6.40. The molecule has 94 valence electrons. The summed E-state index contributed by atoms with van der Waals surface area (Å²) in [7, 11) is 0. The van der Waals surface area contributed by atoms with Crippen LogP contribution in [0.4, 0.5) is 0 Å². The van der Waals surface area contributed by atoms with Gasteiger partial charge < -0.3 is 0 Å². The lowest BCUT2D eigenvalue weighted by Gasteiger charge is -2.30. The first kappa shape index (κ1) is 14.0. The standard InChI is InChI=1S/C16H24O/c1-12(2)15(11-16(4,5)13(3)17)14-9-7-6-8-10-14/h6-10,12,15H,11H2,1-5H3. The Bertz CT molecular complexity index is 362. The second kappa shape index (κ2) is 5.48. The van der Waals surface area contributed by atoms with Crippen LogP contribution in [0, 0.1) is 11.3 Å². The second-order valence-corrected chi connectivity index (χ2v) is 5.91. The summed E-state index contributed by atoms with van der Waals surface area (Å²) >= 11 is 0. The second-order valence-electron chi connectivity index (χ2n) is 5.91. The van der Waals surface area contributed by atoms with E-state index in [1.54, 1.807) is 6.92 Å². The van der Waals surface area contributed by atoms with E-state index in [4.69, 9.17) is 0 Å². The van der Waals surface area contributed by atoms with E-state index in [0.29, 0.717) is 11.8 Å². The normalized spacial score (nSPS) is 13.8. The maximum atomic E-state index is 11.7. The van der Waals surface area contributed by atoms with Crippen LogP contribution in [-0.2, 0) is 4.79 Å². The highest BCUT2D eigenvalue weighted by Crippen LogP contribution is 2.36. The molecule has 1 unspecified atom stereocenters. The summed E-state index contributed by atoms with van der Waals surface area (Å²) < 4.78 is 0. The molecule has 0 radical (unpaired) electrons. The molecular formula is C16H24O. The third-order valence-corrected chi connectivity index (χ3v) is 3.72. The third-order valence-electron chi connectivity index (χ3n) is 3.72. The molecule has 1 aromatic rings. The van der Waals surface area contributed by atoms with Crippen molar-refractivity contribution in [3.63, 3.8) is 0 Å². The third kappa shape index (κ3) is 3.69. The van der Waals surface area contributed by atoms with Crippen molar-refractivity contribution in [1.29, 1.82) is 0 Å². The molecule has 1 nitrogen and oxygen atoms in total. The Labute approximate surface area is 105 Å². The van der Waals surface area contributed by atoms with Crippen molar-refractivity contribution < 1.29 is 4.79 Å². The van der Waals surface area contributed by atoms with Crippen LogP contribution in [0.5, 0.6) is 0 Å². The molecule has 0 heterocycles. The monoisotopic (exact) mass is 232 g/mol. The predicted molar refractivity (Wildman–Crippen MR) is 73.1 cm³/mol. The summed E-state index contributed by atoms with van der Waals surface area (Å²) in [6, 6.07) is 10.5. The Hall–Kier alpha value is -1.11. The Kier molecular flexibility index (Phi) is 4.50. The summed E-state index contributed by atoms with van der Waals surface area (Å²) in [5, 5.41) is 0. The lowest BCUT2D eigenvalue weighted by molar-refractivity contribution is -0.125. The van der Waals surface area contributed by atoms with Gasteiger partial charge in [-0.2, -0.15) is 0 Å². The van der Waals surface area contributed by atoms with Crippen LogP contribution in [-0.4, -0.2) is 5.78 Å². The Morgan fingerprint density at radius 2 is 1.71 bits per heavy atom. The summed E-state index contributed by atoms with van der Waals surface area (Å²) in [5.41, 5.74) is 1.11. The number of carbonyl (C=O) groups is 1.